The predicted molar refractivity (Wildman–Crippen MR) is 103 cm³/mol. The van der Waals surface area contributed by atoms with E-state index in [9.17, 15) is 4.79 Å². The van der Waals surface area contributed by atoms with Crippen LogP contribution in [0.3, 0.4) is 0 Å². The zero-order valence-electron chi connectivity index (χ0n) is 15.4. The molecule has 1 aliphatic rings. The van der Waals surface area contributed by atoms with Gasteiger partial charge in [0.15, 0.2) is 16.6 Å². The fourth-order valence-corrected chi connectivity index (χ4v) is 3.81. The van der Waals surface area contributed by atoms with E-state index in [4.69, 9.17) is 9.47 Å². The summed E-state index contributed by atoms with van der Waals surface area (Å²) in [5.41, 5.74) is 1.42. The smallest absolute Gasteiger partial charge is 0.261 e. The van der Waals surface area contributed by atoms with Crippen LogP contribution in [-0.2, 0) is 6.54 Å². The molecule has 0 spiro atoms. The van der Waals surface area contributed by atoms with Gasteiger partial charge in [-0.3, -0.25) is 15.0 Å². The number of thiazole rings is 1. The van der Waals surface area contributed by atoms with E-state index in [1.165, 1.54) is 31.3 Å². The van der Waals surface area contributed by atoms with Gasteiger partial charge in [-0.2, -0.15) is 0 Å². The number of carbonyl (C=O) groups excluding carboxylic acids is 1. The second kappa shape index (κ2) is 8.51. The van der Waals surface area contributed by atoms with Gasteiger partial charge in [0, 0.05) is 11.9 Å². The first-order valence-electron chi connectivity index (χ1n) is 8.79. The van der Waals surface area contributed by atoms with Crippen molar-refractivity contribution in [3.63, 3.8) is 0 Å². The Balaban J connectivity index is 1.65. The number of para-hydroxylation sites is 1. The zero-order chi connectivity index (χ0) is 18.5. The number of ether oxygens (including phenoxy) is 2. The van der Waals surface area contributed by atoms with Crippen molar-refractivity contribution in [1.29, 1.82) is 0 Å². The molecule has 3 rings (SSSR count). The van der Waals surface area contributed by atoms with Gasteiger partial charge in [0.25, 0.3) is 5.91 Å². The van der Waals surface area contributed by atoms with Gasteiger partial charge in [-0.1, -0.05) is 13.0 Å². The van der Waals surface area contributed by atoms with Crippen LogP contribution in [-0.4, -0.2) is 43.1 Å². The predicted octanol–water partition coefficient (Wildman–Crippen LogP) is 3.64. The molecule has 2 heterocycles. The summed E-state index contributed by atoms with van der Waals surface area (Å²) in [7, 11) is 3.07. The third-order valence-corrected chi connectivity index (χ3v) is 5.49. The molecule has 1 aromatic heterocycles. The van der Waals surface area contributed by atoms with Crippen LogP contribution in [0, 0.1) is 5.92 Å². The summed E-state index contributed by atoms with van der Waals surface area (Å²) >= 11 is 1.44. The number of benzene rings is 1. The number of carbonyl (C=O) groups is 1. The molecule has 140 valence electrons. The van der Waals surface area contributed by atoms with Crippen molar-refractivity contribution in [2.24, 2.45) is 5.92 Å². The first-order chi connectivity index (χ1) is 12.6. The Morgan fingerprint density at radius 1 is 1.31 bits per heavy atom. The van der Waals surface area contributed by atoms with Gasteiger partial charge in [-0.15, -0.1) is 11.3 Å². The maximum absolute atomic E-state index is 12.6. The van der Waals surface area contributed by atoms with Crippen molar-refractivity contribution in [2.45, 2.75) is 26.3 Å². The summed E-state index contributed by atoms with van der Waals surface area (Å²) in [4.78, 5) is 19.6. The lowest BCUT2D eigenvalue weighted by molar-refractivity contribution is 0.102. The molecule has 1 aromatic carbocycles. The maximum atomic E-state index is 12.6. The van der Waals surface area contributed by atoms with Crippen molar-refractivity contribution in [2.75, 3.05) is 32.6 Å². The molecule has 1 aliphatic heterocycles. The average molecular weight is 375 g/mol. The molecule has 2 aromatic rings. The number of hydrogen-bond donors (Lipinski definition) is 1. The maximum Gasteiger partial charge on any atom is 0.261 e. The molecule has 0 saturated carbocycles. The molecule has 0 aliphatic carbocycles. The molecule has 0 radical (unpaired) electrons. The van der Waals surface area contributed by atoms with Gasteiger partial charge >= 0.3 is 0 Å². The highest BCUT2D eigenvalue weighted by Crippen LogP contribution is 2.31. The summed E-state index contributed by atoms with van der Waals surface area (Å²) < 4.78 is 10.6. The molecule has 6 nitrogen and oxygen atoms in total. The number of nitrogens with zero attached hydrogens (tertiary/aromatic N) is 2. The number of hydrogen-bond acceptors (Lipinski definition) is 6. The molecule has 0 unspecified atom stereocenters. The highest BCUT2D eigenvalue weighted by atomic mass is 32.1. The van der Waals surface area contributed by atoms with E-state index < -0.39 is 0 Å². The van der Waals surface area contributed by atoms with Crippen LogP contribution < -0.4 is 14.8 Å². The van der Waals surface area contributed by atoms with Crippen molar-refractivity contribution in [1.82, 2.24) is 9.88 Å². The SMILES string of the molecule is COc1cccc(C(=O)Nc2nc(CN3CCC(C)CC3)cs2)c1OC. The third-order valence-electron chi connectivity index (χ3n) is 4.68. The van der Waals surface area contributed by atoms with Crippen LogP contribution in [0.4, 0.5) is 5.13 Å². The van der Waals surface area contributed by atoms with E-state index in [-0.39, 0.29) is 5.91 Å². The van der Waals surface area contributed by atoms with Crippen molar-refractivity contribution >= 4 is 22.4 Å². The summed E-state index contributed by atoms with van der Waals surface area (Å²) in [6.45, 7) is 5.37. The van der Waals surface area contributed by atoms with Crippen LogP contribution in [0.25, 0.3) is 0 Å². The van der Waals surface area contributed by atoms with Crippen LogP contribution in [0.1, 0.15) is 35.8 Å². The minimum Gasteiger partial charge on any atom is -0.493 e. The Morgan fingerprint density at radius 3 is 2.77 bits per heavy atom. The Labute approximate surface area is 158 Å². The Bertz CT molecular complexity index is 754. The van der Waals surface area contributed by atoms with Crippen molar-refractivity contribution in [3.05, 3.63) is 34.8 Å². The van der Waals surface area contributed by atoms with Crippen LogP contribution in [0.2, 0.25) is 0 Å². The number of anilines is 1. The molecule has 7 heteroatoms. The van der Waals surface area contributed by atoms with Gasteiger partial charge in [0.1, 0.15) is 0 Å². The van der Waals surface area contributed by atoms with E-state index in [2.05, 4.69) is 22.1 Å². The lowest BCUT2D eigenvalue weighted by Crippen LogP contribution is -2.32. The van der Waals surface area contributed by atoms with Crippen LogP contribution >= 0.6 is 11.3 Å². The monoisotopic (exact) mass is 375 g/mol. The van der Waals surface area contributed by atoms with Gasteiger partial charge < -0.3 is 9.47 Å². The second-order valence-corrected chi connectivity index (χ2v) is 7.46. The zero-order valence-corrected chi connectivity index (χ0v) is 16.3. The van der Waals surface area contributed by atoms with E-state index in [0.29, 0.717) is 22.2 Å². The molecule has 1 fully saturated rings. The largest absolute Gasteiger partial charge is 0.493 e. The molecule has 1 N–H and O–H groups in total. The van der Waals surface area contributed by atoms with E-state index >= 15 is 0 Å². The molecular formula is C19H25N3O3S. The normalized spacial score (nSPS) is 15.7. The first-order valence-corrected chi connectivity index (χ1v) is 9.67. The van der Waals surface area contributed by atoms with Gasteiger partial charge in [0.2, 0.25) is 0 Å². The van der Waals surface area contributed by atoms with E-state index in [1.807, 2.05) is 5.38 Å². The molecule has 1 saturated heterocycles. The molecular weight excluding hydrogens is 350 g/mol. The summed E-state index contributed by atoms with van der Waals surface area (Å²) in [5, 5.41) is 5.47. The lowest BCUT2D eigenvalue weighted by Gasteiger charge is -2.29. The van der Waals surface area contributed by atoms with Crippen LogP contribution in [0.15, 0.2) is 23.6 Å². The Hall–Kier alpha value is -2.12. The van der Waals surface area contributed by atoms with Gasteiger partial charge in [0.05, 0.1) is 25.5 Å². The highest BCUT2D eigenvalue weighted by Gasteiger charge is 2.19. The van der Waals surface area contributed by atoms with Crippen molar-refractivity contribution < 1.29 is 14.3 Å². The van der Waals surface area contributed by atoms with Crippen molar-refractivity contribution in [3.8, 4) is 11.5 Å². The number of aromatic nitrogens is 1. The topological polar surface area (TPSA) is 63.7 Å². The summed E-state index contributed by atoms with van der Waals surface area (Å²) in [6.07, 6.45) is 2.48. The molecule has 0 bridgehead atoms. The number of amides is 1. The Morgan fingerprint density at radius 2 is 2.08 bits per heavy atom. The molecule has 0 atom stereocenters. The number of likely N-dealkylation sites (tertiary alicyclic amines) is 1. The minimum absolute atomic E-state index is 0.256. The molecule has 1 amide bonds. The fourth-order valence-electron chi connectivity index (χ4n) is 3.12. The number of piperidine rings is 1. The third kappa shape index (κ3) is 4.34. The quantitative estimate of drug-likeness (QED) is 0.835. The highest BCUT2D eigenvalue weighted by molar-refractivity contribution is 7.14. The molecule has 26 heavy (non-hydrogen) atoms. The number of rotatable bonds is 6. The fraction of sp³-hybridized carbons (Fsp3) is 0.474. The number of nitrogens with one attached hydrogen (secondary N) is 1. The van der Waals surface area contributed by atoms with Gasteiger partial charge in [-0.25, -0.2) is 4.98 Å². The summed E-state index contributed by atoms with van der Waals surface area (Å²) in [5.74, 6) is 1.51. The Kier molecular flexibility index (Phi) is 6.11. The van der Waals surface area contributed by atoms with E-state index in [1.54, 1.807) is 25.3 Å². The first kappa shape index (κ1) is 18.7. The standard InChI is InChI=1S/C19H25N3O3S/c1-13-7-9-22(10-8-13)11-14-12-26-19(20-14)21-18(23)15-5-4-6-16(24-2)17(15)25-3/h4-6,12-13H,7-11H2,1-3H3,(H,20,21,23). The van der Waals surface area contributed by atoms with Crippen LogP contribution in [0.5, 0.6) is 11.5 Å². The number of methoxy groups -OCH3 is 2. The lowest BCUT2D eigenvalue weighted by atomic mass is 9.99. The second-order valence-electron chi connectivity index (χ2n) is 6.60. The van der Waals surface area contributed by atoms with E-state index in [0.717, 1.165) is 31.2 Å². The van der Waals surface area contributed by atoms with Gasteiger partial charge in [-0.05, 0) is 44.0 Å². The summed E-state index contributed by atoms with van der Waals surface area (Å²) in [6, 6.07) is 5.23. The average Bonchev–Trinajstić information content (AvgIpc) is 3.09. The minimum atomic E-state index is -0.256.